The van der Waals surface area contributed by atoms with Crippen LogP contribution in [0.25, 0.3) is 33.1 Å². The van der Waals surface area contributed by atoms with Crippen LogP contribution in [0.15, 0.2) is 54.6 Å². The Bertz CT molecular complexity index is 952. The van der Waals surface area contributed by atoms with E-state index in [9.17, 15) is 0 Å². The standard InChI is InChI=1S/C18H15N3/c1-12-16-17(13-8-4-3-5-9-13)14-10-6-7-11-15(14)19-18(16)21(2)20-12/h3-11H,1-2H3. The Morgan fingerprint density at radius 2 is 1.62 bits per heavy atom. The summed E-state index contributed by atoms with van der Waals surface area (Å²) in [4.78, 5) is 4.78. The van der Waals surface area contributed by atoms with E-state index in [0.29, 0.717) is 0 Å². The fraction of sp³-hybridized carbons (Fsp3) is 0.111. The molecular formula is C18H15N3. The van der Waals surface area contributed by atoms with Gasteiger partial charge in [-0.1, -0.05) is 48.5 Å². The molecule has 0 amide bonds. The van der Waals surface area contributed by atoms with Gasteiger partial charge in [-0.05, 0) is 18.6 Å². The maximum absolute atomic E-state index is 4.78. The molecule has 21 heavy (non-hydrogen) atoms. The average molecular weight is 273 g/mol. The molecule has 0 radical (unpaired) electrons. The minimum atomic E-state index is 0.935. The Balaban J connectivity index is 2.28. The van der Waals surface area contributed by atoms with Crippen molar-refractivity contribution in [1.82, 2.24) is 14.8 Å². The fourth-order valence-corrected chi connectivity index (χ4v) is 3.00. The third-order valence-corrected chi connectivity index (χ3v) is 3.90. The third-order valence-electron chi connectivity index (χ3n) is 3.90. The Hall–Kier alpha value is -2.68. The van der Waals surface area contributed by atoms with Crippen LogP contribution in [0.3, 0.4) is 0 Å². The van der Waals surface area contributed by atoms with Crippen molar-refractivity contribution < 1.29 is 0 Å². The van der Waals surface area contributed by atoms with E-state index in [0.717, 1.165) is 22.2 Å². The zero-order valence-corrected chi connectivity index (χ0v) is 12.0. The van der Waals surface area contributed by atoms with Gasteiger partial charge in [0.2, 0.25) is 0 Å². The molecule has 3 nitrogen and oxygen atoms in total. The van der Waals surface area contributed by atoms with Gasteiger partial charge in [0.1, 0.15) is 0 Å². The molecule has 3 heteroatoms. The van der Waals surface area contributed by atoms with E-state index in [1.54, 1.807) is 0 Å². The monoisotopic (exact) mass is 273 g/mol. The molecule has 2 heterocycles. The Morgan fingerprint density at radius 3 is 2.43 bits per heavy atom. The topological polar surface area (TPSA) is 30.7 Å². The molecular weight excluding hydrogens is 258 g/mol. The van der Waals surface area contributed by atoms with E-state index in [1.807, 2.05) is 30.8 Å². The molecule has 0 atom stereocenters. The summed E-state index contributed by atoms with van der Waals surface area (Å²) in [6.07, 6.45) is 0. The minimum absolute atomic E-state index is 0.935. The summed E-state index contributed by atoms with van der Waals surface area (Å²) in [7, 11) is 1.95. The number of aromatic nitrogens is 3. The zero-order chi connectivity index (χ0) is 14.4. The molecule has 0 N–H and O–H groups in total. The number of nitrogens with zero attached hydrogens (tertiary/aromatic N) is 3. The van der Waals surface area contributed by atoms with Crippen molar-refractivity contribution in [2.45, 2.75) is 6.92 Å². The quantitative estimate of drug-likeness (QED) is 0.523. The van der Waals surface area contributed by atoms with E-state index in [4.69, 9.17) is 4.98 Å². The van der Waals surface area contributed by atoms with E-state index >= 15 is 0 Å². The van der Waals surface area contributed by atoms with E-state index < -0.39 is 0 Å². The number of fused-ring (bicyclic) bond motifs is 2. The van der Waals surface area contributed by atoms with Gasteiger partial charge < -0.3 is 0 Å². The smallest absolute Gasteiger partial charge is 0.159 e. The number of hydrogen-bond donors (Lipinski definition) is 0. The molecule has 0 spiro atoms. The molecule has 0 bridgehead atoms. The first kappa shape index (κ1) is 12.1. The highest BCUT2D eigenvalue weighted by Crippen LogP contribution is 2.35. The molecule has 0 aliphatic carbocycles. The average Bonchev–Trinajstić information content (AvgIpc) is 2.80. The molecule has 0 saturated carbocycles. The lowest BCUT2D eigenvalue weighted by Gasteiger charge is -2.09. The van der Waals surface area contributed by atoms with Crippen LogP contribution in [0.1, 0.15) is 5.69 Å². The van der Waals surface area contributed by atoms with Crippen LogP contribution in [0.4, 0.5) is 0 Å². The lowest BCUT2D eigenvalue weighted by molar-refractivity contribution is 0.775. The van der Waals surface area contributed by atoms with Crippen LogP contribution in [-0.4, -0.2) is 14.8 Å². The van der Waals surface area contributed by atoms with Gasteiger partial charge in [-0.25, -0.2) is 4.98 Å². The molecule has 0 saturated heterocycles. The summed E-state index contributed by atoms with van der Waals surface area (Å²) < 4.78 is 1.86. The second-order valence-electron chi connectivity index (χ2n) is 5.28. The normalized spacial score (nSPS) is 11.3. The van der Waals surface area contributed by atoms with Crippen LogP contribution >= 0.6 is 0 Å². The lowest BCUT2D eigenvalue weighted by Crippen LogP contribution is -1.93. The van der Waals surface area contributed by atoms with Gasteiger partial charge in [0.15, 0.2) is 5.65 Å². The maximum atomic E-state index is 4.78. The van der Waals surface area contributed by atoms with E-state index in [-0.39, 0.29) is 0 Å². The SMILES string of the molecule is Cc1nn(C)c2nc3ccccc3c(-c3ccccc3)c12. The van der Waals surface area contributed by atoms with Crippen molar-refractivity contribution in [1.29, 1.82) is 0 Å². The first-order valence-corrected chi connectivity index (χ1v) is 7.03. The first-order valence-electron chi connectivity index (χ1n) is 7.03. The van der Waals surface area contributed by atoms with Crippen LogP contribution in [-0.2, 0) is 7.05 Å². The van der Waals surface area contributed by atoms with Crippen LogP contribution in [0.5, 0.6) is 0 Å². The predicted octanol–water partition coefficient (Wildman–Crippen LogP) is 4.10. The van der Waals surface area contributed by atoms with Gasteiger partial charge in [0.05, 0.1) is 16.6 Å². The first-order chi connectivity index (χ1) is 10.3. The summed E-state index contributed by atoms with van der Waals surface area (Å²) >= 11 is 0. The number of para-hydroxylation sites is 1. The van der Waals surface area contributed by atoms with E-state index in [2.05, 4.69) is 47.6 Å². The second kappa shape index (κ2) is 4.42. The van der Waals surface area contributed by atoms with Gasteiger partial charge in [0.25, 0.3) is 0 Å². The molecule has 0 aliphatic heterocycles. The lowest BCUT2D eigenvalue weighted by atomic mass is 9.97. The summed E-state index contributed by atoms with van der Waals surface area (Å²) in [6, 6.07) is 18.8. The van der Waals surface area contributed by atoms with Gasteiger partial charge in [-0.15, -0.1) is 0 Å². The van der Waals surface area contributed by atoms with Crippen molar-refractivity contribution in [3.05, 3.63) is 60.3 Å². The highest BCUT2D eigenvalue weighted by Gasteiger charge is 2.16. The molecule has 2 aromatic carbocycles. The molecule has 0 aliphatic rings. The van der Waals surface area contributed by atoms with Crippen LogP contribution in [0.2, 0.25) is 0 Å². The minimum Gasteiger partial charge on any atom is -0.250 e. The second-order valence-corrected chi connectivity index (χ2v) is 5.28. The molecule has 0 fully saturated rings. The summed E-state index contributed by atoms with van der Waals surface area (Å²) in [5.41, 5.74) is 5.39. The predicted molar refractivity (Wildman–Crippen MR) is 86.2 cm³/mol. The number of aryl methyl sites for hydroxylation is 2. The number of benzene rings is 2. The maximum Gasteiger partial charge on any atom is 0.159 e. The number of hydrogen-bond acceptors (Lipinski definition) is 2. The summed E-state index contributed by atoms with van der Waals surface area (Å²) in [5.74, 6) is 0. The van der Waals surface area contributed by atoms with E-state index in [1.165, 1.54) is 16.5 Å². The molecule has 102 valence electrons. The van der Waals surface area contributed by atoms with Gasteiger partial charge in [0, 0.05) is 18.0 Å². The van der Waals surface area contributed by atoms with Gasteiger partial charge in [-0.3, -0.25) is 4.68 Å². The van der Waals surface area contributed by atoms with Gasteiger partial charge in [-0.2, -0.15) is 5.10 Å². The largest absolute Gasteiger partial charge is 0.250 e. The highest BCUT2D eigenvalue weighted by molar-refractivity contribution is 6.09. The van der Waals surface area contributed by atoms with Crippen molar-refractivity contribution in [2.24, 2.45) is 7.05 Å². The Kier molecular flexibility index (Phi) is 2.54. The third kappa shape index (κ3) is 1.74. The number of rotatable bonds is 1. The molecule has 4 rings (SSSR count). The Labute approximate surface area is 122 Å². The number of pyridine rings is 1. The van der Waals surface area contributed by atoms with Crippen molar-refractivity contribution in [2.75, 3.05) is 0 Å². The Morgan fingerprint density at radius 1 is 0.905 bits per heavy atom. The van der Waals surface area contributed by atoms with Crippen LogP contribution < -0.4 is 0 Å². The van der Waals surface area contributed by atoms with Crippen molar-refractivity contribution in [3.63, 3.8) is 0 Å². The van der Waals surface area contributed by atoms with Crippen LogP contribution in [0, 0.1) is 6.92 Å². The fourth-order valence-electron chi connectivity index (χ4n) is 3.00. The summed E-state index contributed by atoms with van der Waals surface area (Å²) in [5, 5.41) is 6.87. The summed E-state index contributed by atoms with van der Waals surface area (Å²) in [6.45, 7) is 2.05. The van der Waals surface area contributed by atoms with Gasteiger partial charge >= 0.3 is 0 Å². The molecule has 0 unspecified atom stereocenters. The zero-order valence-electron chi connectivity index (χ0n) is 12.0. The highest BCUT2D eigenvalue weighted by atomic mass is 15.3. The van der Waals surface area contributed by atoms with Crippen molar-refractivity contribution in [3.8, 4) is 11.1 Å². The van der Waals surface area contributed by atoms with Crippen molar-refractivity contribution >= 4 is 21.9 Å². The molecule has 2 aromatic heterocycles. The molecule has 4 aromatic rings.